The van der Waals surface area contributed by atoms with Crippen LogP contribution in [0.1, 0.15) is 12.0 Å². The molecule has 2 aliphatic heterocycles. The minimum absolute atomic E-state index is 0.463. The lowest BCUT2D eigenvalue weighted by Crippen LogP contribution is -2.44. The minimum Gasteiger partial charge on any atom is -0.491 e. The summed E-state index contributed by atoms with van der Waals surface area (Å²) >= 11 is 0. The molecular formula is C16H24N4O3. The summed E-state index contributed by atoms with van der Waals surface area (Å²) in [6.45, 7) is 5.72. The number of aliphatic imine (C=N–C) groups is 1. The molecule has 7 nitrogen and oxygen atoms in total. The second-order valence-corrected chi connectivity index (χ2v) is 5.80. The summed E-state index contributed by atoms with van der Waals surface area (Å²) in [5.74, 6) is 1.79. The average Bonchev–Trinajstić information content (AvgIpc) is 3.13. The van der Waals surface area contributed by atoms with Crippen LogP contribution in [-0.2, 0) is 16.0 Å². The van der Waals surface area contributed by atoms with Crippen LogP contribution in [0, 0.1) is 5.92 Å². The Morgan fingerprint density at radius 2 is 2.22 bits per heavy atom. The number of hydrogen-bond donors (Lipinski definition) is 1. The normalized spacial score (nSPS) is 22.3. The highest BCUT2D eigenvalue weighted by atomic mass is 16.5. The van der Waals surface area contributed by atoms with Crippen LogP contribution in [0.15, 0.2) is 23.5 Å². The van der Waals surface area contributed by atoms with E-state index in [4.69, 9.17) is 19.9 Å². The van der Waals surface area contributed by atoms with Gasteiger partial charge in [-0.2, -0.15) is 0 Å². The Hall–Kier alpha value is -1.86. The Balaban J connectivity index is 1.58. The summed E-state index contributed by atoms with van der Waals surface area (Å²) in [6.07, 6.45) is 4.55. The summed E-state index contributed by atoms with van der Waals surface area (Å²) in [6, 6.07) is 1.93. The van der Waals surface area contributed by atoms with Gasteiger partial charge in [-0.05, 0) is 12.5 Å². The Morgan fingerprint density at radius 3 is 3.00 bits per heavy atom. The van der Waals surface area contributed by atoms with Gasteiger partial charge in [0.1, 0.15) is 5.75 Å². The molecule has 0 radical (unpaired) electrons. The van der Waals surface area contributed by atoms with Gasteiger partial charge >= 0.3 is 0 Å². The van der Waals surface area contributed by atoms with Crippen molar-refractivity contribution in [1.29, 1.82) is 0 Å². The average molecular weight is 320 g/mol. The molecule has 0 amide bonds. The third-order valence-corrected chi connectivity index (χ3v) is 4.12. The van der Waals surface area contributed by atoms with Crippen molar-refractivity contribution >= 4 is 5.96 Å². The van der Waals surface area contributed by atoms with Gasteiger partial charge in [0.25, 0.3) is 0 Å². The fourth-order valence-electron chi connectivity index (χ4n) is 2.65. The number of guanidine groups is 1. The largest absolute Gasteiger partial charge is 0.491 e. The molecule has 3 rings (SSSR count). The molecule has 2 saturated heterocycles. The molecular weight excluding hydrogens is 296 g/mol. The van der Waals surface area contributed by atoms with E-state index in [1.165, 1.54) is 0 Å². The van der Waals surface area contributed by atoms with Crippen molar-refractivity contribution in [2.45, 2.75) is 13.0 Å². The number of nitrogens with zero attached hydrogens (tertiary/aromatic N) is 3. The van der Waals surface area contributed by atoms with Crippen molar-refractivity contribution in [2.75, 3.05) is 46.1 Å². The van der Waals surface area contributed by atoms with Gasteiger partial charge in [-0.15, -0.1) is 0 Å². The van der Waals surface area contributed by atoms with Gasteiger partial charge in [0.05, 0.1) is 39.2 Å². The van der Waals surface area contributed by atoms with E-state index in [-0.39, 0.29) is 0 Å². The summed E-state index contributed by atoms with van der Waals surface area (Å²) in [4.78, 5) is 10.7. The van der Waals surface area contributed by atoms with Crippen molar-refractivity contribution in [1.82, 2.24) is 9.88 Å². The monoisotopic (exact) mass is 320 g/mol. The van der Waals surface area contributed by atoms with E-state index in [1.807, 2.05) is 11.0 Å². The zero-order valence-electron chi connectivity index (χ0n) is 13.3. The molecule has 2 fully saturated rings. The lowest BCUT2D eigenvalue weighted by atomic mass is 10.1. The minimum atomic E-state index is 0.463. The van der Waals surface area contributed by atoms with Crippen molar-refractivity contribution in [3.05, 3.63) is 24.0 Å². The van der Waals surface area contributed by atoms with Crippen LogP contribution in [0.2, 0.25) is 0 Å². The fourth-order valence-corrected chi connectivity index (χ4v) is 2.65. The van der Waals surface area contributed by atoms with Crippen molar-refractivity contribution < 1.29 is 14.2 Å². The standard InChI is InChI=1S/C16H24N4O3/c17-16(20-4-7-21-8-5-20)19-9-14-1-3-18-10-15(14)23-12-13-2-6-22-11-13/h1,3,10,13H,2,4-9,11-12H2,(H2,17,19). The number of ether oxygens (including phenoxy) is 3. The topological polar surface area (TPSA) is 82.2 Å². The first-order chi connectivity index (χ1) is 11.3. The highest BCUT2D eigenvalue weighted by Gasteiger charge is 2.17. The van der Waals surface area contributed by atoms with E-state index in [0.29, 0.717) is 38.2 Å². The first-order valence-corrected chi connectivity index (χ1v) is 8.09. The van der Waals surface area contributed by atoms with Crippen LogP contribution >= 0.6 is 0 Å². The van der Waals surface area contributed by atoms with E-state index in [2.05, 4.69) is 9.98 Å². The molecule has 0 aromatic carbocycles. The molecule has 126 valence electrons. The number of rotatable bonds is 5. The molecule has 1 unspecified atom stereocenters. The molecule has 23 heavy (non-hydrogen) atoms. The molecule has 7 heteroatoms. The maximum absolute atomic E-state index is 6.07. The molecule has 0 aliphatic carbocycles. The van der Waals surface area contributed by atoms with Crippen molar-refractivity contribution in [3.8, 4) is 5.75 Å². The summed E-state index contributed by atoms with van der Waals surface area (Å²) in [5.41, 5.74) is 7.06. The van der Waals surface area contributed by atoms with Crippen molar-refractivity contribution in [3.63, 3.8) is 0 Å². The molecule has 1 aromatic rings. The van der Waals surface area contributed by atoms with E-state index < -0.39 is 0 Å². The number of aromatic nitrogens is 1. The van der Waals surface area contributed by atoms with Gasteiger partial charge in [-0.1, -0.05) is 0 Å². The highest BCUT2D eigenvalue weighted by Crippen LogP contribution is 2.20. The van der Waals surface area contributed by atoms with Gasteiger partial charge in [0.2, 0.25) is 0 Å². The Morgan fingerprint density at radius 1 is 1.35 bits per heavy atom. The molecule has 0 saturated carbocycles. The first-order valence-electron chi connectivity index (χ1n) is 8.09. The molecule has 2 N–H and O–H groups in total. The van der Waals surface area contributed by atoms with Gasteiger partial charge in [-0.3, -0.25) is 4.98 Å². The van der Waals surface area contributed by atoms with Crippen LogP contribution in [0.25, 0.3) is 0 Å². The second-order valence-electron chi connectivity index (χ2n) is 5.80. The number of pyridine rings is 1. The van der Waals surface area contributed by atoms with Gasteiger partial charge in [0, 0.05) is 37.4 Å². The maximum atomic E-state index is 6.07. The van der Waals surface area contributed by atoms with E-state index >= 15 is 0 Å². The number of hydrogen-bond acceptors (Lipinski definition) is 5. The maximum Gasteiger partial charge on any atom is 0.191 e. The lowest BCUT2D eigenvalue weighted by molar-refractivity contribution is 0.0674. The summed E-state index contributed by atoms with van der Waals surface area (Å²) < 4.78 is 16.6. The van der Waals surface area contributed by atoms with Gasteiger partial charge < -0.3 is 24.8 Å². The third-order valence-electron chi connectivity index (χ3n) is 4.12. The SMILES string of the molecule is NC(=NCc1ccncc1OCC1CCOC1)N1CCOCC1. The molecule has 3 heterocycles. The summed E-state index contributed by atoms with van der Waals surface area (Å²) in [5, 5.41) is 0. The van der Waals surface area contributed by atoms with Crippen LogP contribution in [0.4, 0.5) is 0 Å². The zero-order valence-corrected chi connectivity index (χ0v) is 13.3. The quantitative estimate of drug-likeness (QED) is 0.633. The smallest absolute Gasteiger partial charge is 0.191 e. The Bertz CT molecular complexity index is 526. The number of morpholine rings is 1. The van der Waals surface area contributed by atoms with Crippen LogP contribution in [-0.4, -0.2) is 62.0 Å². The predicted octanol–water partition coefficient (Wildman–Crippen LogP) is 0.644. The molecule has 0 spiro atoms. The van der Waals surface area contributed by atoms with Crippen LogP contribution < -0.4 is 10.5 Å². The van der Waals surface area contributed by atoms with E-state index in [9.17, 15) is 0 Å². The molecule has 2 aliphatic rings. The number of nitrogens with two attached hydrogens (primary N) is 1. The van der Waals surface area contributed by atoms with Gasteiger partial charge in [-0.25, -0.2) is 4.99 Å². The third kappa shape index (κ3) is 4.56. The van der Waals surface area contributed by atoms with Crippen LogP contribution in [0.3, 0.4) is 0 Å². The van der Waals surface area contributed by atoms with Gasteiger partial charge in [0.15, 0.2) is 5.96 Å². The van der Waals surface area contributed by atoms with Crippen LogP contribution in [0.5, 0.6) is 5.75 Å². The second kappa shape index (κ2) is 8.12. The Labute approximate surface area is 136 Å². The molecule has 1 atom stereocenters. The van der Waals surface area contributed by atoms with E-state index in [0.717, 1.165) is 44.0 Å². The molecule has 0 bridgehead atoms. The zero-order chi connectivity index (χ0) is 15.9. The summed E-state index contributed by atoms with van der Waals surface area (Å²) in [7, 11) is 0. The molecule has 1 aromatic heterocycles. The first kappa shape index (κ1) is 16.0. The fraction of sp³-hybridized carbons (Fsp3) is 0.625. The highest BCUT2D eigenvalue weighted by molar-refractivity contribution is 5.78. The van der Waals surface area contributed by atoms with Crippen molar-refractivity contribution in [2.24, 2.45) is 16.6 Å². The Kier molecular flexibility index (Phi) is 5.65. The lowest BCUT2D eigenvalue weighted by Gasteiger charge is -2.27. The van der Waals surface area contributed by atoms with E-state index in [1.54, 1.807) is 12.4 Å². The predicted molar refractivity (Wildman–Crippen MR) is 86.4 cm³/mol.